The van der Waals surface area contributed by atoms with Crippen LogP contribution in [0.15, 0.2) is 24.3 Å². The Morgan fingerprint density at radius 2 is 2.10 bits per heavy atom. The third kappa shape index (κ3) is 2.29. The maximum atomic E-state index is 12.2. The fourth-order valence-corrected chi connectivity index (χ4v) is 3.04. The van der Waals surface area contributed by atoms with Crippen molar-refractivity contribution in [2.45, 2.75) is 37.1 Å². The summed E-state index contributed by atoms with van der Waals surface area (Å²) in [6.07, 6.45) is 2.68. The van der Waals surface area contributed by atoms with Crippen LogP contribution in [0.4, 0.5) is 0 Å². The summed E-state index contributed by atoms with van der Waals surface area (Å²) < 4.78 is 0. The molecule has 0 radical (unpaired) electrons. The molecule has 20 heavy (non-hydrogen) atoms. The van der Waals surface area contributed by atoms with Crippen LogP contribution in [0.2, 0.25) is 5.02 Å². The second-order valence-electron chi connectivity index (χ2n) is 5.73. The Bertz CT molecular complexity index is 568. The van der Waals surface area contributed by atoms with Gasteiger partial charge in [0.25, 0.3) is 0 Å². The molecule has 2 aliphatic carbocycles. The van der Waals surface area contributed by atoms with Crippen molar-refractivity contribution < 1.29 is 14.7 Å². The van der Waals surface area contributed by atoms with E-state index in [2.05, 4.69) is 5.32 Å². The average molecular weight is 294 g/mol. The highest BCUT2D eigenvalue weighted by molar-refractivity contribution is 6.30. The number of aliphatic carboxylic acids is 1. The molecule has 2 N–H and O–H groups in total. The standard InChI is InChI=1S/C15H16ClNO3/c16-10-4-1-3-9(7-10)11-8-12(11)13(18)17-15(14(19)20)5-2-6-15/h1,3-4,7,11-12H,2,5-6,8H2,(H,17,18)(H,19,20). The van der Waals surface area contributed by atoms with Crippen LogP contribution in [0, 0.1) is 5.92 Å². The van der Waals surface area contributed by atoms with Crippen molar-refractivity contribution in [3.63, 3.8) is 0 Å². The molecular weight excluding hydrogens is 278 g/mol. The highest BCUT2D eigenvalue weighted by atomic mass is 35.5. The largest absolute Gasteiger partial charge is 0.480 e. The van der Waals surface area contributed by atoms with E-state index in [0.717, 1.165) is 18.4 Å². The van der Waals surface area contributed by atoms with Crippen LogP contribution in [0.25, 0.3) is 0 Å². The summed E-state index contributed by atoms with van der Waals surface area (Å²) in [6.45, 7) is 0. The molecule has 3 rings (SSSR count). The summed E-state index contributed by atoms with van der Waals surface area (Å²) in [5.41, 5.74) is 0.0362. The molecule has 1 aromatic rings. The van der Waals surface area contributed by atoms with Gasteiger partial charge in [-0.05, 0) is 49.3 Å². The molecule has 1 amide bonds. The van der Waals surface area contributed by atoms with Gasteiger partial charge < -0.3 is 10.4 Å². The summed E-state index contributed by atoms with van der Waals surface area (Å²) in [5, 5.41) is 12.6. The number of carboxylic acid groups (broad SMARTS) is 1. The molecular formula is C15H16ClNO3. The Kier molecular flexibility index (Phi) is 3.21. The molecule has 4 nitrogen and oxygen atoms in total. The maximum Gasteiger partial charge on any atom is 0.329 e. The van der Waals surface area contributed by atoms with Crippen molar-refractivity contribution in [2.75, 3.05) is 0 Å². The SMILES string of the molecule is O=C(NC1(C(=O)O)CCC1)C1CC1c1cccc(Cl)c1. The van der Waals surface area contributed by atoms with Crippen molar-refractivity contribution in [1.29, 1.82) is 0 Å². The first-order chi connectivity index (χ1) is 9.52. The molecule has 0 heterocycles. The summed E-state index contributed by atoms with van der Waals surface area (Å²) in [7, 11) is 0. The van der Waals surface area contributed by atoms with E-state index in [1.165, 1.54) is 0 Å². The fourth-order valence-electron chi connectivity index (χ4n) is 2.84. The number of nitrogens with one attached hydrogen (secondary N) is 1. The van der Waals surface area contributed by atoms with Gasteiger partial charge in [-0.3, -0.25) is 4.79 Å². The lowest BCUT2D eigenvalue weighted by Crippen LogP contribution is -2.59. The normalized spacial score (nSPS) is 26.4. The molecule has 2 aliphatic rings. The molecule has 1 aromatic carbocycles. The Hall–Kier alpha value is -1.55. The topological polar surface area (TPSA) is 66.4 Å². The minimum absolute atomic E-state index is 0.120. The van der Waals surface area contributed by atoms with Gasteiger partial charge in [0, 0.05) is 10.9 Å². The average Bonchev–Trinajstić information content (AvgIpc) is 3.13. The van der Waals surface area contributed by atoms with Crippen LogP contribution >= 0.6 is 11.6 Å². The lowest BCUT2D eigenvalue weighted by molar-refractivity contribution is -0.152. The Morgan fingerprint density at radius 1 is 1.35 bits per heavy atom. The van der Waals surface area contributed by atoms with E-state index in [0.29, 0.717) is 17.9 Å². The Labute approximate surface area is 122 Å². The number of amides is 1. The van der Waals surface area contributed by atoms with Crippen molar-refractivity contribution in [2.24, 2.45) is 5.92 Å². The van der Waals surface area contributed by atoms with Crippen LogP contribution in [0.5, 0.6) is 0 Å². The molecule has 0 bridgehead atoms. The van der Waals surface area contributed by atoms with E-state index in [1.807, 2.05) is 18.2 Å². The maximum absolute atomic E-state index is 12.2. The van der Waals surface area contributed by atoms with Crippen molar-refractivity contribution in [1.82, 2.24) is 5.32 Å². The Morgan fingerprint density at radius 3 is 2.65 bits per heavy atom. The van der Waals surface area contributed by atoms with Crippen LogP contribution < -0.4 is 5.32 Å². The first-order valence-electron chi connectivity index (χ1n) is 6.83. The Balaban J connectivity index is 1.64. The monoisotopic (exact) mass is 293 g/mol. The molecule has 0 saturated heterocycles. The number of hydrogen-bond acceptors (Lipinski definition) is 2. The lowest BCUT2D eigenvalue weighted by Gasteiger charge is -2.38. The van der Waals surface area contributed by atoms with Crippen molar-refractivity contribution in [3.8, 4) is 0 Å². The van der Waals surface area contributed by atoms with E-state index < -0.39 is 11.5 Å². The van der Waals surface area contributed by atoms with Gasteiger partial charge in [-0.2, -0.15) is 0 Å². The number of carbonyl (C=O) groups excluding carboxylic acids is 1. The molecule has 2 fully saturated rings. The zero-order valence-electron chi connectivity index (χ0n) is 10.9. The zero-order chi connectivity index (χ0) is 14.3. The molecule has 0 spiro atoms. The summed E-state index contributed by atoms with van der Waals surface area (Å²) in [5.74, 6) is -1.01. The van der Waals surface area contributed by atoms with E-state index in [9.17, 15) is 14.7 Å². The van der Waals surface area contributed by atoms with Gasteiger partial charge in [0.05, 0.1) is 0 Å². The first kappa shape index (κ1) is 13.4. The van der Waals surface area contributed by atoms with E-state index in [-0.39, 0.29) is 17.7 Å². The molecule has 2 saturated carbocycles. The molecule has 5 heteroatoms. The highest BCUT2D eigenvalue weighted by Gasteiger charge is 2.50. The van der Waals surface area contributed by atoms with Gasteiger partial charge in [-0.1, -0.05) is 23.7 Å². The summed E-state index contributed by atoms with van der Waals surface area (Å²) >= 11 is 5.95. The second-order valence-corrected chi connectivity index (χ2v) is 6.17. The number of carbonyl (C=O) groups is 2. The zero-order valence-corrected chi connectivity index (χ0v) is 11.7. The summed E-state index contributed by atoms with van der Waals surface area (Å²) in [4.78, 5) is 23.4. The van der Waals surface area contributed by atoms with Gasteiger partial charge in [0.2, 0.25) is 5.91 Å². The minimum atomic E-state index is -1.02. The smallest absolute Gasteiger partial charge is 0.329 e. The van der Waals surface area contributed by atoms with Gasteiger partial charge in [-0.25, -0.2) is 4.79 Å². The molecule has 0 aliphatic heterocycles. The summed E-state index contributed by atoms with van der Waals surface area (Å²) in [6, 6.07) is 7.50. The molecule has 2 unspecified atom stereocenters. The van der Waals surface area contributed by atoms with Gasteiger partial charge in [0.15, 0.2) is 0 Å². The number of rotatable bonds is 4. The third-order valence-electron chi connectivity index (χ3n) is 4.38. The number of benzene rings is 1. The van der Waals surface area contributed by atoms with Gasteiger partial charge in [0.1, 0.15) is 5.54 Å². The van der Waals surface area contributed by atoms with Crippen molar-refractivity contribution >= 4 is 23.5 Å². The van der Waals surface area contributed by atoms with Crippen LogP contribution in [-0.4, -0.2) is 22.5 Å². The van der Waals surface area contributed by atoms with E-state index in [1.54, 1.807) is 6.07 Å². The van der Waals surface area contributed by atoms with Gasteiger partial charge >= 0.3 is 5.97 Å². The van der Waals surface area contributed by atoms with E-state index in [4.69, 9.17) is 11.6 Å². The van der Waals surface area contributed by atoms with E-state index >= 15 is 0 Å². The molecule has 106 valence electrons. The predicted octanol–water partition coefficient (Wildman–Crippen LogP) is 2.57. The van der Waals surface area contributed by atoms with Crippen LogP contribution in [0.1, 0.15) is 37.2 Å². The number of hydrogen-bond donors (Lipinski definition) is 2. The predicted molar refractivity (Wildman–Crippen MR) is 74.7 cm³/mol. The first-order valence-corrected chi connectivity index (χ1v) is 7.20. The van der Waals surface area contributed by atoms with Crippen LogP contribution in [0.3, 0.4) is 0 Å². The number of carboxylic acids is 1. The second kappa shape index (κ2) is 4.77. The third-order valence-corrected chi connectivity index (χ3v) is 4.62. The quantitative estimate of drug-likeness (QED) is 0.896. The van der Waals surface area contributed by atoms with Crippen molar-refractivity contribution in [3.05, 3.63) is 34.9 Å². The lowest BCUT2D eigenvalue weighted by atomic mass is 9.76. The fraction of sp³-hybridized carbons (Fsp3) is 0.467. The number of halogens is 1. The van der Waals surface area contributed by atoms with Crippen LogP contribution in [-0.2, 0) is 9.59 Å². The van der Waals surface area contributed by atoms with Gasteiger partial charge in [-0.15, -0.1) is 0 Å². The molecule has 2 atom stereocenters. The minimum Gasteiger partial charge on any atom is -0.480 e. The molecule has 0 aromatic heterocycles. The highest BCUT2D eigenvalue weighted by Crippen LogP contribution is 2.48.